The monoisotopic (exact) mass is 655 g/mol. The van der Waals surface area contributed by atoms with Crippen molar-refractivity contribution in [2.24, 2.45) is 4.99 Å². The van der Waals surface area contributed by atoms with Gasteiger partial charge >= 0.3 is 233 Å². The molecule has 3 rings (SSSR count). The molecule has 1 aromatic rings. The van der Waals surface area contributed by atoms with Crippen molar-refractivity contribution in [2.45, 2.75) is 65.4 Å². The molecule has 0 saturated heterocycles. The van der Waals surface area contributed by atoms with Gasteiger partial charge in [0.1, 0.15) is 0 Å². The van der Waals surface area contributed by atoms with Crippen LogP contribution in [0.1, 0.15) is 59.8 Å². The fraction of sp³-hybridized carbons (Fsp3) is 0.394. The van der Waals surface area contributed by atoms with E-state index in [4.69, 9.17) is 4.99 Å². The van der Waals surface area contributed by atoms with E-state index in [0.29, 0.717) is 18.5 Å². The SMILES string of the molecule is C=CCNC(=O)C1=C[I-]C=C(Nc2ccc(N(CC)CC)cc2)N=C1CCC/C1=C/C=C\C(C(C)(C)O)=C/CC1. The van der Waals surface area contributed by atoms with Crippen molar-refractivity contribution in [2.75, 3.05) is 29.9 Å². The first-order chi connectivity index (χ1) is 19.2. The van der Waals surface area contributed by atoms with Crippen LogP contribution >= 0.6 is 0 Å². The molecule has 1 amide bonds. The molecule has 0 bridgehead atoms. The Morgan fingerprint density at radius 3 is 2.60 bits per heavy atom. The molecule has 0 fully saturated rings. The molecule has 1 heterocycles. The predicted octanol–water partition coefficient (Wildman–Crippen LogP) is 3.62. The van der Waals surface area contributed by atoms with Gasteiger partial charge in [0.05, 0.1) is 0 Å². The summed E-state index contributed by atoms with van der Waals surface area (Å²) in [5, 5.41) is 16.7. The van der Waals surface area contributed by atoms with Gasteiger partial charge in [-0.1, -0.05) is 0 Å². The van der Waals surface area contributed by atoms with E-state index in [2.05, 4.69) is 80.5 Å². The van der Waals surface area contributed by atoms with Crippen LogP contribution in [0.5, 0.6) is 0 Å². The van der Waals surface area contributed by atoms with Crippen LogP contribution in [0, 0.1) is 0 Å². The normalized spacial score (nSPS) is 19.4. The van der Waals surface area contributed by atoms with Crippen molar-refractivity contribution in [3.05, 3.63) is 91.9 Å². The first-order valence-corrected chi connectivity index (χ1v) is 16.6. The van der Waals surface area contributed by atoms with E-state index in [0.717, 1.165) is 61.6 Å². The second-order valence-corrected chi connectivity index (χ2v) is 12.3. The Bertz CT molecular complexity index is 1210. The number of amides is 1. The molecule has 6 nitrogen and oxygen atoms in total. The number of aliphatic hydroxyl groups is 1. The van der Waals surface area contributed by atoms with Gasteiger partial charge in [0.2, 0.25) is 0 Å². The predicted molar refractivity (Wildman–Crippen MR) is 165 cm³/mol. The zero-order chi connectivity index (χ0) is 29.0. The summed E-state index contributed by atoms with van der Waals surface area (Å²) < 4.78 is 4.22. The molecule has 216 valence electrons. The average Bonchev–Trinajstić information content (AvgIpc) is 3.11. The van der Waals surface area contributed by atoms with E-state index in [1.807, 2.05) is 26.0 Å². The molecule has 7 heteroatoms. The number of carbonyl (C=O) groups excluding carboxylic acids is 1. The van der Waals surface area contributed by atoms with Gasteiger partial charge in [-0.3, -0.25) is 0 Å². The van der Waals surface area contributed by atoms with Crippen molar-refractivity contribution in [3.63, 3.8) is 0 Å². The fourth-order valence-electron chi connectivity index (χ4n) is 4.62. The first-order valence-electron chi connectivity index (χ1n) is 14.2. The second-order valence-electron chi connectivity index (χ2n) is 10.3. The summed E-state index contributed by atoms with van der Waals surface area (Å²) in [6.07, 6.45) is 14.4. The van der Waals surface area contributed by atoms with Crippen molar-refractivity contribution < 1.29 is 31.1 Å². The van der Waals surface area contributed by atoms with Gasteiger partial charge in [-0.15, -0.1) is 0 Å². The summed E-state index contributed by atoms with van der Waals surface area (Å²) in [5.41, 5.74) is 5.19. The maximum atomic E-state index is 13.0. The van der Waals surface area contributed by atoms with E-state index in [9.17, 15) is 9.90 Å². The summed E-state index contributed by atoms with van der Waals surface area (Å²) in [7, 11) is 0. The van der Waals surface area contributed by atoms with Crippen molar-refractivity contribution >= 4 is 23.0 Å². The molecule has 0 saturated carbocycles. The standard InChI is InChI=1S/C33H44IN4O2/c1-6-22-35-32(39)29-23-34-24-31(36-27-18-20-28(21-19-27)38(7-2)8-3)37-30(29)17-11-14-25-12-9-15-26(16-10-13-25)33(4,5)40/h6,9,12,15-16,18-21,23-24,36,40H,1,7-8,10-11,13-14,17,22H2,2-5H3,(H,35,39)/q-1/b15-9-,25-12+,26-16+. The summed E-state index contributed by atoms with van der Waals surface area (Å²) in [5.74, 6) is 0.715. The number of aliphatic imine (C=N–C) groups is 1. The number of nitrogens with one attached hydrogen (secondary N) is 2. The van der Waals surface area contributed by atoms with Gasteiger partial charge in [0, 0.05) is 0 Å². The molecule has 0 atom stereocenters. The number of benzene rings is 1. The molecule has 0 spiro atoms. The second kappa shape index (κ2) is 15.8. The van der Waals surface area contributed by atoms with Crippen LogP contribution in [-0.4, -0.2) is 42.0 Å². The third-order valence-electron chi connectivity index (χ3n) is 6.88. The number of hydrogen-bond donors (Lipinski definition) is 3. The molecular weight excluding hydrogens is 611 g/mol. The van der Waals surface area contributed by atoms with E-state index in [-0.39, 0.29) is 5.91 Å². The molecule has 0 unspecified atom stereocenters. The van der Waals surface area contributed by atoms with Crippen LogP contribution in [0.2, 0.25) is 0 Å². The van der Waals surface area contributed by atoms with E-state index >= 15 is 0 Å². The zero-order valence-electron chi connectivity index (χ0n) is 24.3. The molecule has 1 aliphatic carbocycles. The van der Waals surface area contributed by atoms with Crippen LogP contribution in [-0.2, 0) is 4.79 Å². The van der Waals surface area contributed by atoms with Gasteiger partial charge in [0.25, 0.3) is 0 Å². The number of rotatable bonds is 13. The zero-order valence-corrected chi connectivity index (χ0v) is 26.5. The van der Waals surface area contributed by atoms with Crippen LogP contribution in [0.3, 0.4) is 0 Å². The van der Waals surface area contributed by atoms with Gasteiger partial charge < -0.3 is 5.11 Å². The number of allylic oxidation sites excluding steroid dienone is 4. The van der Waals surface area contributed by atoms with Crippen LogP contribution in [0.15, 0.2) is 96.9 Å². The van der Waals surface area contributed by atoms with Gasteiger partial charge in [-0.05, 0) is 13.8 Å². The third-order valence-corrected chi connectivity index (χ3v) is 8.81. The Morgan fingerprint density at radius 1 is 1.18 bits per heavy atom. The Hall–Kier alpha value is -2.91. The fourth-order valence-corrected chi connectivity index (χ4v) is 6.44. The molecule has 40 heavy (non-hydrogen) atoms. The summed E-state index contributed by atoms with van der Waals surface area (Å²) in [6, 6.07) is 8.44. The van der Waals surface area contributed by atoms with Crippen molar-refractivity contribution in [3.8, 4) is 0 Å². The Morgan fingerprint density at radius 2 is 1.93 bits per heavy atom. The minimum atomic E-state index is -0.830. The van der Waals surface area contributed by atoms with Gasteiger partial charge in [-0.2, -0.15) is 0 Å². The van der Waals surface area contributed by atoms with Crippen molar-refractivity contribution in [1.29, 1.82) is 0 Å². The Balaban J connectivity index is 1.72. The number of anilines is 2. The van der Waals surface area contributed by atoms with Crippen LogP contribution < -0.4 is 36.7 Å². The molecule has 0 radical (unpaired) electrons. The molecule has 1 aliphatic heterocycles. The average molecular weight is 656 g/mol. The van der Waals surface area contributed by atoms with Gasteiger partial charge in [0.15, 0.2) is 0 Å². The molecule has 3 N–H and O–H groups in total. The van der Waals surface area contributed by atoms with E-state index < -0.39 is 26.8 Å². The number of hydrogen-bond acceptors (Lipinski definition) is 5. The molecule has 0 aromatic heterocycles. The summed E-state index contributed by atoms with van der Waals surface area (Å²) in [6.45, 7) is 14.1. The number of nitrogens with zero attached hydrogens (tertiary/aromatic N) is 2. The van der Waals surface area contributed by atoms with E-state index in [1.165, 1.54) is 11.3 Å². The van der Waals surface area contributed by atoms with Gasteiger partial charge in [-0.25, -0.2) is 0 Å². The molecule has 2 aliphatic rings. The van der Waals surface area contributed by atoms with E-state index in [1.54, 1.807) is 6.08 Å². The third kappa shape index (κ3) is 9.63. The minimum absolute atomic E-state index is 0.0889. The molecule has 1 aromatic carbocycles. The van der Waals surface area contributed by atoms with Crippen molar-refractivity contribution in [1.82, 2.24) is 5.32 Å². The van der Waals surface area contributed by atoms with Crippen LogP contribution in [0.4, 0.5) is 11.4 Å². The summed E-state index contributed by atoms with van der Waals surface area (Å²) >= 11 is -0.484. The van der Waals surface area contributed by atoms with Crippen LogP contribution in [0.25, 0.3) is 0 Å². The number of carbonyl (C=O) groups is 1. The Labute approximate surface area is 250 Å². The number of halogens is 1. The first kappa shape index (κ1) is 31.6. The maximum absolute atomic E-state index is 13.0. The quantitative estimate of drug-likeness (QED) is 0.224. The molecular formula is C33H44IN4O2-. The summed E-state index contributed by atoms with van der Waals surface area (Å²) in [4.78, 5) is 20.3. The topological polar surface area (TPSA) is 77.0 Å². The Kier molecular flexibility index (Phi) is 12.5.